The minimum atomic E-state index is -0.102. The standard InChI is InChI=1S/C14H15ClN2O2/c1-17(14(18)13-7-11(15)8-16-13)9-10-4-3-5-12(6-10)19-2/h3-8,16H,9H2,1-2H3. The summed E-state index contributed by atoms with van der Waals surface area (Å²) in [5, 5.41) is 0.526. The van der Waals surface area contributed by atoms with Crippen LogP contribution in [0.25, 0.3) is 0 Å². The quantitative estimate of drug-likeness (QED) is 0.934. The molecule has 0 saturated heterocycles. The van der Waals surface area contributed by atoms with Gasteiger partial charge in [-0.25, -0.2) is 0 Å². The molecule has 0 unspecified atom stereocenters. The van der Waals surface area contributed by atoms with E-state index < -0.39 is 0 Å². The van der Waals surface area contributed by atoms with Crippen molar-refractivity contribution in [3.8, 4) is 5.75 Å². The first-order valence-electron chi connectivity index (χ1n) is 5.82. The molecule has 0 bridgehead atoms. The van der Waals surface area contributed by atoms with Crippen LogP contribution in [0.4, 0.5) is 0 Å². The molecule has 19 heavy (non-hydrogen) atoms. The number of methoxy groups -OCH3 is 1. The van der Waals surface area contributed by atoms with E-state index in [9.17, 15) is 4.79 Å². The van der Waals surface area contributed by atoms with Crippen molar-refractivity contribution >= 4 is 17.5 Å². The first-order chi connectivity index (χ1) is 9.10. The Labute approximate surface area is 116 Å². The zero-order chi connectivity index (χ0) is 13.8. The lowest BCUT2D eigenvalue weighted by atomic mass is 10.2. The maximum absolute atomic E-state index is 12.1. The van der Waals surface area contributed by atoms with Crippen LogP contribution in [0.2, 0.25) is 5.02 Å². The second kappa shape index (κ2) is 5.80. The summed E-state index contributed by atoms with van der Waals surface area (Å²) in [6.45, 7) is 0.507. The predicted molar refractivity (Wildman–Crippen MR) is 74.6 cm³/mol. The van der Waals surface area contributed by atoms with Crippen molar-refractivity contribution in [1.29, 1.82) is 0 Å². The molecule has 0 aliphatic heterocycles. The van der Waals surface area contributed by atoms with Crippen LogP contribution in [-0.4, -0.2) is 29.9 Å². The number of nitrogens with one attached hydrogen (secondary N) is 1. The van der Waals surface area contributed by atoms with Crippen LogP contribution in [-0.2, 0) is 6.54 Å². The molecule has 2 rings (SSSR count). The van der Waals surface area contributed by atoms with E-state index in [-0.39, 0.29) is 5.91 Å². The summed E-state index contributed by atoms with van der Waals surface area (Å²) in [4.78, 5) is 16.6. The number of rotatable bonds is 4. The van der Waals surface area contributed by atoms with Gasteiger partial charge in [0.25, 0.3) is 5.91 Å². The van der Waals surface area contributed by atoms with E-state index in [1.807, 2.05) is 24.3 Å². The van der Waals surface area contributed by atoms with Gasteiger partial charge in [0.2, 0.25) is 0 Å². The molecule has 1 amide bonds. The molecule has 4 nitrogen and oxygen atoms in total. The fraction of sp³-hybridized carbons (Fsp3) is 0.214. The number of carbonyl (C=O) groups excluding carboxylic acids is 1. The Balaban J connectivity index is 2.07. The van der Waals surface area contributed by atoms with Crippen molar-refractivity contribution in [2.45, 2.75) is 6.54 Å². The van der Waals surface area contributed by atoms with Crippen molar-refractivity contribution < 1.29 is 9.53 Å². The zero-order valence-corrected chi connectivity index (χ0v) is 11.6. The third kappa shape index (κ3) is 3.29. The van der Waals surface area contributed by atoms with Crippen LogP contribution in [0.3, 0.4) is 0 Å². The fourth-order valence-corrected chi connectivity index (χ4v) is 1.98. The molecular formula is C14H15ClN2O2. The van der Waals surface area contributed by atoms with E-state index in [4.69, 9.17) is 16.3 Å². The monoisotopic (exact) mass is 278 g/mol. The molecule has 0 saturated carbocycles. The molecule has 1 aromatic heterocycles. The van der Waals surface area contributed by atoms with E-state index in [2.05, 4.69) is 4.98 Å². The molecule has 1 N–H and O–H groups in total. The molecule has 0 fully saturated rings. The largest absolute Gasteiger partial charge is 0.497 e. The molecule has 1 aromatic carbocycles. The van der Waals surface area contributed by atoms with Gasteiger partial charge in [-0.1, -0.05) is 23.7 Å². The number of hydrogen-bond acceptors (Lipinski definition) is 2. The number of halogens is 1. The van der Waals surface area contributed by atoms with Crippen molar-refractivity contribution in [1.82, 2.24) is 9.88 Å². The van der Waals surface area contributed by atoms with E-state index in [0.717, 1.165) is 11.3 Å². The number of ether oxygens (including phenoxy) is 1. The van der Waals surface area contributed by atoms with Crippen LogP contribution in [0.5, 0.6) is 5.75 Å². The van der Waals surface area contributed by atoms with Crippen molar-refractivity contribution in [2.24, 2.45) is 0 Å². The van der Waals surface area contributed by atoms with Gasteiger partial charge in [-0.05, 0) is 23.8 Å². The first-order valence-corrected chi connectivity index (χ1v) is 6.20. The third-order valence-electron chi connectivity index (χ3n) is 2.78. The number of H-pyrrole nitrogens is 1. The lowest BCUT2D eigenvalue weighted by Gasteiger charge is -2.16. The summed E-state index contributed by atoms with van der Waals surface area (Å²) < 4.78 is 5.16. The van der Waals surface area contributed by atoms with Crippen LogP contribution in [0, 0.1) is 0 Å². The summed E-state index contributed by atoms with van der Waals surface area (Å²) in [6, 6.07) is 9.25. The first kappa shape index (κ1) is 13.5. The van der Waals surface area contributed by atoms with Crippen molar-refractivity contribution in [3.63, 3.8) is 0 Å². The molecule has 5 heteroatoms. The van der Waals surface area contributed by atoms with Gasteiger partial charge in [0, 0.05) is 19.8 Å². The molecule has 100 valence electrons. The molecule has 0 aliphatic carbocycles. The summed E-state index contributed by atoms with van der Waals surface area (Å²) in [7, 11) is 3.37. The van der Waals surface area contributed by atoms with E-state index >= 15 is 0 Å². The van der Waals surface area contributed by atoms with Crippen LogP contribution < -0.4 is 4.74 Å². The Morgan fingerprint density at radius 2 is 2.21 bits per heavy atom. The molecule has 1 heterocycles. The number of hydrogen-bond donors (Lipinski definition) is 1. The maximum Gasteiger partial charge on any atom is 0.270 e. The Bertz CT molecular complexity index is 580. The highest BCUT2D eigenvalue weighted by Crippen LogP contribution is 2.16. The maximum atomic E-state index is 12.1. The number of nitrogens with zero attached hydrogens (tertiary/aromatic N) is 1. The van der Waals surface area contributed by atoms with E-state index in [1.165, 1.54) is 0 Å². The lowest BCUT2D eigenvalue weighted by Crippen LogP contribution is -2.26. The Morgan fingerprint density at radius 3 is 2.84 bits per heavy atom. The van der Waals surface area contributed by atoms with Gasteiger partial charge in [0.05, 0.1) is 12.1 Å². The highest BCUT2D eigenvalue weighted by atomic mass is 35.5. The van der Waals surface area contributed by atoms with E-state index in [0.29, 0.717) is 17.3 Å². The lowest BCUT2D eigenvalue weighted by molar-refractivity contribution is 0.0780. The minimum absolute atomic E-state index is 0.102. The zero-order valence-electron chi connectivity index (χ0n) is 10.8. The minimum Gasteiger partial charge on any atom is -0.497 e. The number of aromatic amines is 1. The summed E-state index contributed by atoms with van der Waals surface area (Å²) in [5.41, 5.74) is 1.49. The Kier molecular flexibility index (Phi) is 4.12. The fourth-order valence-electron chi connectivity index (χ4n) is 1.81. The average molecular weight is 279 g/mol. The SMILES string of the molecule is COc1cccc(CN(C)C(=O)c2cc(Cl)c[nH]2)c1. The Hall–Kier alpha value is -1.94. The van der Waals surface area contributed by atoms with Crippen LogP contribution in [0.1, 0.15) is 16.1 Å². The summed E-state index contributed by atoms with van der Waals surface area (Å²) >= 11 is 5.79. The number of aromatic nitrogens is 1. The van der Waals surface area contributed by atoms with Gasteiger partial charge in [-0.2, -0.15) is 0 Å². The molecule has 0 radical (unpaired) electrons. The second-order valence-electron chi connectivity index (χ2n) is 4.24. The van der Waals surface area contributed by atoms with Gasteiger partial charge >= 0.3 is 0 Å². The topological polar surface area (TPSA) is 45.3 Å². The molecule has 0 aliphatic rings. The van der Waals surface area contributed by atoms with E-state index in [1.54, 1.807) is 31.3 Å². The normalized spacial score (nSPS) is 10.3. The molecule has 2 aromatic rings. The van der Waals surface area contributed by atoms with Gasteiger partial charge in [-0.15, -0.1) is 0 Å². The number of amides is 1. The molecule has 0 spiro atoms. The molecule has 0 atom stereocenters. The van der Waals surface area contributed by atoms with Gasteiger partial charge in [0.15, 0.2) is 0 Å². The van der Waals surface area contributed by atoms with Crippen LogP contribution >= 0.6 is 11.6 Å². The van der Waals surface area contributed by atoms with Gasteiger partial charge in [-0.3, -0.25) is 4.79 Å². The highest BCUT2D eigenvalue weighted by molar-refractivity contribution is 6.30. The average Bonchev–Trinajstić information content (AvgIpc) is 2.84. The molecular weight excluding hydrogens is 264 g/mol. The summed E-state index contributed by atoms with van der Waals surface area (Å²) in [5.74, 6) is 0.677. The smallest absolute Gasteiger partial charge is 0.270 e. The van der Waals surface area contributed by atoms with Gasteiger partial charge in [0.1, 0.15) is 11.4 Å². The highest BCUT2D eigenvalue weighted by Gasteiger charge is 2.13. The number of benzene rings is 1. The summed E-state index contributed by atoms with van der Waals surface area (Å²) in [6.07, 6.45) is 1.59. The predicted octanol–water partition coefficient (Wildman–Crippen LogP) is 2.95. The number of carbonyl (C=O) groups is 1. The Morgan fingerprint density at radius 1 is 1.42 bits per heavy atom. The third-order valence-corrected chi connectivity index (χ3v) is 3.00. The van der Waals surface area contributed by atoms with Crippen LogP contribution in [0.15, 0.2) is 36.5 Å². The second-order valence-corrected chi connectivity index (χ2v) is 4.68. The van der Waals surface area contributed by atoms with Crippen molar-refractivity contribution in [3.05, 3.63) is 52.8 Å². The van der Waals surface area contributed by atoms with Crippen molar-refractivity contribution in [2.75, 3.05) is 14.2 Å². The van der Waals surface area contributed by atoms with Gasteiger partial charge < -0.3 is 14.6 Å².